The van der Waals surface area contributed by atoms with Gasteiger partial charge in [-0.05, 0) is 54.1 Å². The number of furan rings is 1. The highest BCUT2D eigenvalue weighted by Crippen LogP contribution is 2.17. The number of hydrogen-bond acceptors (Lipinski definition) is 5. The number of esters is 1. The molecule has 0 bridgehead atoms. The van der Waals surface area contributed by atoms with Crippen molar-refractivity contribution in [1.82, 2.24) is 5.32 Å². The standard InChI is InChI=1S/C21H18ClNO5/c22-17-7-9-18(10-8-17)27-13-15-3-5-16(6-4-15)21(25)28-14-20(24)23-12-19-2-1-11-26-19/h1-11H,12-14H2,(H,23,24). The third-order valence-corrected chi connectivity index (χ3v) is 4.04. The zero-order valence-corrected chi connectivity index (χ0v) is 15.6. The SMILES string of the molecule is O=C(COC(=O)c1ccc(COc2ccc(Cl)cc2)cc1)NCc1ccco1. The Labute approximate surface area is 167 Å². The Hall–Kier alpha value is -3.25. The minimum Gasteiger partial charge on any atom is -0.489 e. The van der Waals surface area contributed by atoms with E-state index in [1.807, 2.05) is 0 Å². The molecule has 0 unspecified atom stereocenters. The van der Waals surface area contributed by atoms with Crippen molar-refractivity contribution in [3.63, 3.8) is 0 Å². The van der Waals surface area contributed by atoms with E-state index in [9.17, 15) is 9.59 Å². The lowest BCUT2D eigenvalue weighted by molar-refractivity contribution is -0.124. The van der Waals surface area contributed by atoms with E-state index in [1.165, 1.54) is 6.26 Å². The number of benzene rings is 2. The number of halogens is 1. The zero-order chi connectivity index (χ0) is 19.8. The van der Waals surface area contributed by atoms with Gasteiger partial charge in [0.2, 0.25) is 0 Å². The van der Waals surface area contributed by atoms with E-state index >= 15 is 0 Å². The second-order valence-corrected chi connectivity index (χ2v) is 6.31. The molecule has 0 aliphatic carbocycles. The van der Waals surface area contributed by atoms with Gasteiger partial charge in [-0.3, -0.25) is 4.79 Å². The fourth-order valence-electron chi connectivity index (χ4n) is 2.30. The van der Waals surface area contributed by atoms with Crippen LogP contribution in [0.5, 0.6) is 5.75 Å². The fourth-order valence-corrected chi connectivity index (χ4v) is 2.42. The summed E-state index contributed by atoms with van der Waals surface area (Å²) in [4.78, 5) is 23.8. The molecule has 0 radical (unpaired) electrons. The summed E-state index contributed by atoms with van der Waals surface area (Å²) in [5.74, 6) is 0.348. The van der Waals surface area contributed by atoms with Crippen LogP contribution in [0.25, 0.3) is 0 Å². The molecule has 3 aromatic rings. The van der Waals surface area contributed by atoms with E-state index < -0.39 is 11.9 Å². The van der Waals surface area contributed by atoms with Crippen LogP contribution in [-0.4, -0.2) is 18.5 Å². The second-order valence-electron chi connectivity index (χ2n) is 5.87. The quantitative estimate of drug-likeness (QED) is 0.579. The summed E-state index contributed by atoms with van der Waals surface area (Å²) in [5, 5.41) is 3.25. The van der Waals surface area contributed by atoms with Crippen LogP contribution in [0.2, 0.25) is 5.02 Å². The van der Waals surface area contributed by atoms with Crippen LogP contribution in [0.1, 0.15) is 21.7 Å². The number of amides is 1. The van der Waals surface area contributed by atoms with Gasteiger partial charge in [-0.15, -0.1) is 0 Å². The molecule has 0 saturated heterocycles. The Morgan fingerprint density at radius 3 is 2.43 bits per heavy atom. The maximum atomic E-state index is 12.0. The van der Waals surface area contributed by atoms with Gasteiger partial charge in [0.1, 0.15) is 18.1 Å². The molecule has 7 heteroatoms. The largest absolute Gasteiger partial charge is 0.489 e. The minimum atomic E-state index is -0.571. The molecule has 0 atom stereocenters. The van der Waals surface area contributed by atoms with Crippen molar-refractivity contribution in [2.24, 2.45) is 0 Å². The Morgan fingerprint density at radius 2 is 1.75 bits per heavy atom. The first kappa shape index (κ1) is 19.5. The minimum absolute atomic E-state index is 0.242. The molecule has 0 aliphatic heterocycles. The molecule has 6 nitrogen and oxygen atoms in total. The van der Waals surface area contributed by atoms with Crippen LogP contribution in [0.15, 0.2) is 71.3 Å². The van der Waals surface area contributed by atoms with Crippen molar-refractivity contribution in [2.75, 3.05) is 6.61 Å². The van der Waals surface area contributed by atoms with Gasteiger partial charge in [0.25, 0.3) is 5.91 Å². The molecule has 3 rings (SSSR count). The first-order valence-corrected chi connectivity index (χ1v) is 8.91. The maximum Gasteiger partial charge on any atom is 0.338 e. The predicted molar refractivity (Wildman–Crippen MR) is 103 cm³/mol. The summed E-state index contributed by atoms with van der Waals surface area (Å²) in [7, 11) is 0. The van der Waals surface area contributed by atoms with Crippen LogP contribution >= 0.6 is 11.6 Å². The van der Waals surface area contributed by atoms with Crippen LogP contribution in [0, 0.1) is 0 Å². The molecule has 144 valence electrons. The van der Waals surface area contributed by atoms with E-state index in [0.29, 0.717) is 28.7 Å². The number of carbonyl (C=O) groups excluding carboxylic acids is 2. The number of ether oxygens (including phenoxy) is 2. The van der Waals surface area contributed by atoms with E-state index in [0.717, 1.165) is 5.56 Å². The predicted octanol–water partition coefficient (Wildman–Crippen LogP) is 3.99. The van der Waals surface area contributed by atoms with Crippen LogP contribution in [-0.2, 0) is 22.7 Å². The first-order chi connectivity index (χ1) is 13.6. The molecule has 0 saturated carbocycles. The number of nitrogens with one attached hydrogen (secondary N) is 1. The van der Waals surface area contributed by atoms with Gasteiger partial charge in [0.15, 0.2) is 6.61 Å². The molecule has 1 aromatic heterocycles. The van der Waals surface area contributed by atoms with Gasteiger partial charge in [0.05, 0.1) is 18.4 Å². The van der Waals surface area contributed by atoms with E-state index in [4.69, 9.17) is 25.5 Å². The lowest BCUT2D eigenvalue weighted by Crippen LogP contribution is -2.28. The summed E-state index contributed by atoms with van der Waals surface area (Å²) in [5.41, 5.74) is 1.25. The van der Waals surface area contributed by atoms with Crippen molar-refractivity contribution >= 4 is 23.5 Å². The molecule has 0 fully saturated rings. The average Bonchev–Trinajstić information content (AvgIpc) is 3.24. The molecule has 0 spiro atoms. The highest BCUT2D eigenvalue weighted by molar-refractivity contribution is 6.30. The van der Waals surface area contributed by atoms with Gasteiger partial charge in [0, 0.05) is 5.02 Å². The Bertz CT molecular complexity index is 905. The molecule has 1 amide bonds. The zero-order valence-electron chi connectivity index (χ0n) is 14.9. The lowest BCUT2D eigenvalue weighted by Gasteiger charge is -2.08. The number of hydrogen-bond donors (Lipinski definition) is 1. The summed E-state index contributed by atoms with van der Waals surface area (Å²) in [6, 6.07) is 17.3. The highest BCUT2D eigenvalue weighted by Gasteiger charge is 2.10. The maximum absolute atomic E-state index is 12.0. The van der Waals surface area contributed by atoms with Crippen molar-refractivity contribution < 1.29 is 23.5 Å². The monoisotopic (exact) mass is 399 g/mol. The summed E-state index contributed by atoms with van der Waals surface area (Å²) in [6.07, 6.45) is 1.52. The summed E-state index contributed by atoms with van der Waals surface area (Å²) >= 11 is 5.83. The lowest BCUT2D eigenvalue weighted by atomic mass is 10.1. The molecule has 1 N–H and O–H groups in total. The summed E-state index contributed by atoms with van der Waals surface area (Å²) in [6.45, 7) is 0.235. The molecular weight excluding hydrogens is 382 g/mol. The van der Waals surface area contributed by atoms with Crippen molar-refractivity contribution in [3.8, 4) is 5.75 Å². The van der Waals surface area contributed by atoms with E-state index in [-0.39, 0.29) is 13.2 Å². The van der Waals surface area contributed by atoms with Crippen molar-refractivity contribution in [3.05, 3.63) is 88.8 Å². The Morgan fingerprint density at radius 1 is 1.00 bits per heavy atom. The highest BCUT2D eigenvalue weighted by atomic mass is 35.5. The average molecular weight is 400 g/mol. The van der Waals surface area contributed by atoms with Crippen LogP contribution < -0.4 is 10.1 Å². The smallest absolute Gasteiger partial charge is 0.338 e. The number of carbonyl (C=O) groups is 2. The molecule has 1 heterocycles. The second kappa shape index (κ2) is 9.62. The normalized spacial score (nSPS) is 10.3. The van der Waals surface area contributed by atoms with E-state index in [1.54, 1.807) is 60.7 Å². The number of rotatable bonds is 8. The van der Waals surface area contributed by atoms with Crippen LogP contribution in [0.3, 0.4) is 0 Å². The fraction of sp³-hybridized carbons (Fsp3) is 0.143. The molecule has 28 heavy (non-hydrogen) atoms. The van der Waals surface area contributed by atoms with Gasteiger partial charge >= 0.3 is 5.97 Å². The molecule has 0 aliphatic rings. The van der Waals surface area contributed by atoms with Crippen molar-refractivity contribution in [2.45, 2.75) is 13.2 Å². The topological polar surface area (TPSA) is 77.8 Å². The Balaban J connectivity index is 1.42. The van der Waals surface area contributed by atoms with Crippen LogP contribution in [0.4, 0.5) is 0 Å². The third-order valence-electron chi connectivity index (χ3n) is 3.78. The Kier molecular flexibility index (Phi) is 6.70. The van der Waals surface area contributed by atoms with Gasteiger partial charge in [-0.1, -0.05) is 23.7 Å². The van der Waals surface area contributed by atoms with Crippen molar-refractivity contribution in [1.29, 1.82) is 0 Å². The first-order valence-electron chi connectivity index (χ1n) is 8.53. The van der Waals surface area contributed by atoms with E-state index in [2.05, 4.69) is 5.32 Å². The third kappa shape index (κ3) is 5.89. The van der Waals surface area contributed by atoms with Gasteiger partial charge in [-0.2, -0.15) is 0 Å². The van der Waals surface area contributed by atoms with Gasteiger partial charge < -0.3 is 19.2 Å². The molecule has 2 aromatic carbocycles. The molecular formula is C21H18ClNO5. The van der Waals surface area contributed by atoms with Gasteiger partial charge in [-0.25, -0.2) is 4.79 Å². The summed E-state index contributed by atoms with van der Waals surface area (Å²) < 4.78 is 15.8.